The first-order chi connectivity index (χ1) is 15.8. The molecular weight excluding hydrogens is 473 g/mol. The van der Waals surface area contributed by atoms with Crippen molar-refractivity contribution < 1.29 is 26.8 Å². The predicted octanol–water partition coefficient (Wildman–Crippen LogP) is 3.73. The summed E-state index contributed by atoms with van der Waals surface area (Å²) in [6.07, 6.45) is 1.63. The molecule has 1 amide bonds. The first kappa shape index (κ1) is 23.4. The summed E-state index contributed by atoms with van der Waals surface area (Å²) < 4.78 is 51.8. The lowest BCUT2D eigenvalue weighted by Crippen LogP contribution is -2.40. The lowest BCUT2D eigenvalue weighted by molar-refractivity contribution is -0.116. The Morgan fingerprint density at radius 2 is 1.94 bits per heavy atom. The predicted molar refractivity (Wildman–Crippen MR) is 120 cm³/mol. The second-order valence-corrected chi connectivity index (χ2v) is 9.62. The van der Waals surface area contributed by atoms with Crippen LogP contribution >= 0.6 is 11.6 Å². The molecule has 11 heteroatoms. The molecule has 2 aromatic carbocycles. The maximum absolute atomic E-state index is 13.9. The van der Waals surface area contributed by atoms with E-state index in [1.54, 1.807) is 18.2 Å². The van der Waals surface area contributed by atoms with Crippen LogP contribution in [0.1, 0.15) is 12.3 Å². The van der Waals surface area contributed by atoms with Gasteiger partial charge in [0, 0.05) is 31.6 Å². The summed E-state index contributed by atoms with van der Waals surface area (Å²) in [4.78, 5) is 16.4. The number of benzene rings is 2. The number of anilines is 1. The molecule has 174 valence electrons. The number of sulfonamides is 1. The highest BCUT2D eigenvalue weighted by atomic mass is 35.5. The molecule has 0 bridgehead atoms. The molecule has 1 fully saturated rings. The molecule has 4 rings (SSSR count). The van der Waals surface area contributed by atoms with Crippen LogP contribution in [0.5, 0.6) is 0 Å². The third-order valence-corrected chi connectivity index (χ3v) is 7.44. The van der Waals surface area contributed by atoms with Gasteiger partial charge in [0.1, 0.15) is 10.7 Å². The van der Waals surface area contributed by atoms with Crippen molar-refractivity contribution in [2.24, 2.45) is 0 Å². The van der Waals surface area contributed by atoms with Crippen molar-refractivity contribution in [1.82, 2.24) is 9.29 Å². The molecule has 3 aromatic rings. The number of nitrogens with zero attached hydrogens (tertiary/aromatic N) is 2. The van der Waals surface area contributed by atoms with Gasteiger partial charge in [0.2, 0.25) is 15.9 Å². The molecule has 0 unspecified atom stereocenters. The van der Waals surface area contributed by atoms with Crippen LogP contribution in [0.15, 0.2) is 58.0 Å². The summed E-state index contributed by atoms with van der Waals surface area (Å²) in [6.45, 7) is 1.10. The largest absolute Gasteiger partial charge is 0.441 e. The average molecular weight is 494 g/mol. The second-order valence-electron chi connectivity index (χ2n) is 7.31. The molecule has 1 aromatic heterocycles. The molecule has 0 saturated carbocycles. The van der Waals surface area contributed by atoms with Crippen LogP contribution in [-0.4, -0.2) is 49.9 Å². The van der Waals surface area contributed by atoms with E-state index in [1.165, 1.54) is 34.8 Å². The minimum atomic E-state index is -3.82. The van der Waals surface area contributed by atoms with Crippen molar-refractivity contribution in [3.05, 3.63) is 65.4 Å². The Balaban J connectivity index is 1.40. The summed E-state index contributed by atoms with van der Waals surface area (Å²) >= 11 is 6.14. The van der Waals surface area contributed by atoms with Gasteiger partial charge in [0.15, 0.2) is 11.7 Å². The number of nitrogens with one attached hydrogen (secondary N) is 1. The molecule has 0 atom stereocenters. The van der Waals surface area contributed by atoms with E-state index >= 15 is 0 Å². The lowest BCUT2D eigenvalue weighted by atomic mass is 10.2. The maximum Gasteiger partial charge on any atom is 0.244 e. The zero-order chi connectivity index (χ0) is 23.4. The van der Waals surface area contributed by atoms with Crippen molar-refractivity contribution in [1.29, 1.82) is 0 Å². The fourth-order valence-corrected chi connectivity index (χ4v) is 5.27. The fourth-order valence-electron chi connectivity index (χ4n) is 3.36. The molecule has 0 spiro atoms. The van der Waals surface area contributed by atoms with E-state index in [1.807, 2.05) is 0 Å². The van der Waals surface area contributed by atoms with E-state index in [2.05, 4.69) is 10.3 Å². The Morgan fingerprint density at radius 3 is 2.70 bits per heavy atom. The zero-order valence-electron chi connectivity index (χ0n) is 17.5. The number of rotatable bonds is 7. The number of aryl methyl sites for hydroxylation is 1. The average Bonchev–Trinajstić information content (AvgIpc) is 3.28. The highest BCUT2D eigenvalue weighted by Gasteiger charge is 2.28. The Kier molecular flexibility index (Phi) is 7.08. The summed E-state index contributed by atoms with van der Waals surface area (Å²) in [5.41, 5.74) is 0.589. The van der Waals surface area contributed by atoms with E-state index in [4.69, 9.17) is 20.8 Å². The van der Waals surface area contributed by atoms with Crippen molar-refractivity contribution in [3.8, 4) is 11.3 Å². The Morgan fingerprint density at radius 1 is 1.18 bits per heavy atom. The Hall–Kier alpha value is -2.79. The number of morpholine rings is 1. The second kappa shape index (κ2) is 10.0. The molecule has 2 heterocycles. The zero-order valence-corrected chi connectivity index (χ0v) is 19.0. The van der Waals surface area contributed by atoms with Crippen LogP contribution in [0.2, 0.25) is 5.02 Å². The Bertz CT molecular complexity index is 1260. The van der Waals surface area contributed by atoms with E-state index in [-0.39, 0.29) is 59.0 Å². The highest BCUT2D eigenvalue weighted by Crippen LogP contribution is 2.28. The van der Waals surface area contributed by atoms with Crippen molar-refractivity contribution in [3.63, 3.8) is 0 Å². The van der Waals surface area contributed by atoms with Crippen LogP contribution < -0.4 is 5.32 Å². The SMILES string of the molecule is O=C(CCc1ncc(-c2ccccc2F)o1)Nc1ccc(Cl)c(S(=O)(=O)N2CCOCC2)c1. The van der Waals surface area contributed by atoms with Gasteiger partial charge in [0.25, 0.3) is 0 Å². The summed E-state index contributed by atoms with van der Waals surface area (Å²) in [5.74, 6) is -0.226. The maximum atomic E-state index is 13.9. The normalized spacial score (nSPS) is 14.8. The van der Waals surface area contributed by atoms with Crippen LogP contribution in [0.3, 0.4) is 0 Å². The van der Waals surface area contributed by atoms with Gasteiger partial charge in [-0.15, -0.1) is 0 Å². The molecule has 8 nitrogen and oxygen atoms in total. The first-order valence-electron chi connectivity index (χ1n) is 10.2. The third kappa shape index (κ3) is 5.41. The smallest absolute Gasteiger partial charge is 0.244 e. The highest BCUT2D eigenvalue weighted by molar-refractivity contribution is 7.89. The van der Waals surface area contributed by atoms with Crippen molar-refractivity contribution in [2.45, 2.75) is 17.7 Å². The van der Waals surface area contributed by atoms with Crippen LogP contribution in [0, 0.1) is 5.82 Å². The van der Waals surface area contributed by atoms with Crippen LogP contribution in [-0.2, 0) is 26.0 Å². The quantitative estimate of drug-likeness (QED) is 0.538. The fraction of sp³-hybridized carbons (Fsp3) is 0.273. The molecule has 1 saturated heterocycles. The number of carbonyl (C=O) groups excluding carboxylic acids is 1. The standard InChI is InChI=1S/C22H21ClFN3O5S/c23-17-6-5-15(13-20(17)33(29,30)27-9-11-31-12-10-27)26-21(28)7-8-22-25-14-19(32-22)16-3-1-2-4-18(16)24/h1-6,13-14H,7-12H2,(H,26,28). The minimum absolute atomic E-state index is 0.0331. The number of amides is 1. The molecule has 1 aliphatic rings. The van der Waals surface area contributed by atoms with Gasteiger partial charge in [-0.3, -0.25) is 4.79 Å². The molecule has 0 aliphatic carbocycles. The van der Waals surface area contributed by atoms with Crippen LogP contribution in [0.25, 0.3) is 11.3 Å². The number of hydrogen-bond acceptors (Lipinski definition) is 6. The molecule has 0 radical (unpaired) electrons. The monoisotopic (exact) mass is 493 g/mol. The van der Waals surface area contributed by atoms with Crippen LogP contribution in [0.4, 0.5) is 10.1 Å². The number of carbonyl (C=O) groups is 1. The van der Waals surface area contributed by atoms with Crippen molar-refractivity contribution in [2.75, 3.05) is 31.6 Å². The van der Waals surface area contributed by atoms with Gasteiger partial charge in [-0.2, -0.15) is 4.31 Å². The van der Waals surface area contributed by atoms with E-state index in [0.717, 1.165) is 0 Å². The number of halogens is 2. The lowest BCUT2D eigenvalue weighted by Gasteiger charge is -2.26. The summed E-state index contributed by atoms with van der Waals surface area (Å²) in [6, 6.07) is 10.5. The Labute approximate surface area is 195 Å². The molecule has 1 N–H and O–H groups in total. The van der Waals surface area contributed by atoms with Gasteiger partial charge in [-0.05, 0) is 30.3 Å². The number of oxazole rings is 1. The molecule has 1 aliphatic heterocycles. The number of hydrogen-bond donors (Lipinski definition) is 1. The van der Waals surface area contributed by atoms with Gasteiger partial charge in [0.05, 0.1) is 30.0 Å². The minimum Gasteiger partial charge on any atom is -0.441 e. The summed E-state index contributed by atoms with van der Waals surface area (Å²) in [5, 5.41) is 2.74. The van der Waals surface area contributed by atoms with Gasteiger partial charge < -0.3 is 14.5 Å². The van der Waals surface area contributed by atoms with E-state index in [0.29, 0.717) is 18.9 Å². The van der Waals surface area contributed by atoms with E-state index in [9.17, 15) is 17.6 Å². The van der Waals surface area contributed by atoms with E-state index < -0.39 is 15.8 Å². The van der Waals surface area contributed by atoms with Gasteiger partial charge >= 0.3 is 0 Å². The molecule has 33 heavy (non-hydrogen) atoms. The van der Waals surface area contributed by atoms with Crippen molar-refractivity contribution >= 4 is 33.2 Å². The summed E-state index contributed by atoms with van der Waals surface area (Å²) in [7, 11) is -3.82. The third-order valence-electron chi connectivity index (χ3n) is 5.06. The first-order valence-corrected chi connectivity index (χ1v) is 12.0. The molecular formula is C22H21ClFN3O5S. The van der Waals surface area contributed by atoms with Gasteiger partial charge in [-0.1, -0.05) is 23.7 Å². The van der Waals surface area contributed by atoms with Gasteiger partial charge in [-0.25, -0.2) is 17.8 Å². The topological polar surface area (TPSA) is 102 Å². The number of ether oxygens (including phenoxy) is 1. The number of aromatic nitrogens is 1.